The molecule has 1 amide bonds. The molecule has 4 heteroatoms. The number of nitrogens with two attached hydrogens (primary N) is 1. The molecule has 1 aromatic rings. The fraction of sp³-hybridized carbons (Fsp3) is 0.588. The van der Waals surface area contributed by atoms with Crippen LogP contribution in [0.5, 0.6) is 0 Å². The molecule has 1 fully saturated rings. The second-order valence-electron chi connectivity index (χ2n) is 6.93. The summed E-state index contributed by atoms with van der Waals surface area (Å²) in [5.41, 5.74) is 7.22. The molecule has 116 valence electrons. The molecule has 0 spiro atoms. The first kappa shape index (κ1) is 16.0. The Morgan fingerprint density at radius 3 is 2.24 bits per heavy atom. The summed E-state index contributed by atoms with van der Waals surface area (Å²) in [6, 6.07) is 10.0. The minimum absolute atomic E-state index is 0.0851. The summed E-state index contributed by atoms with van der Waals surface area (Å²) in [5, 5.41) is 0. The van der Waals surface area contributed by atoms with Crippen molar-refractivity contribution < 1.29 is 4.79 Å². The van der Waals surface area contributed by atoms with Crippen LogP contribution in [0.3, 0.4) is 0 Å². The van der Waals surface area contributed by atoms with E-state index in [1.54, 1.807) is 0 Å². The minimum Gasteiger partial charge on any atom is -0.339 e. The van der Waals surface area contributed by atoms with Crippen molar-refractivity contribution in [1.29, 1.82) is 0 Å². The van der Waals surface area contributed by atoms with E-state index in [9.17, 15) is 4.79 Å². The van der Waals surface area contributed by atoms with Gasteiger partial charge in [0.15, 0.2) is 0 Å². The molecule has 1 atom stereocenters. The molecule has 4 nitrogen and oxygen atoms in total. The third kappa shape index (κ3) is 4.29. The SMILES string of the molecule is CC(C)(C)C(N)C(=O)N1CCN(Cc2ccccc2)CC1. The number of piperazine rings is 1. The van der Waals surface area contributed by atoms with Gasteiger partial charge < -0.3 is 10.6 Å². The number of hydrogen-bond donors (Lipinski definition) is 1. The molecular formula is C17H27N3O. The van der Waals surface area contributed by atoms with Gasteiger partial charge in [0.05, 0.1) is 6.04 Å². The molecule has 0 aromatic heterocycles. The summed E-state index contributed by atoms with van der Waals surface area (Å²) in [7, 11) is 0. The number of hydrogen-bond acceptors (Lipinski definition) is 3. The normalized spacial score (nSPS) is 18.6. The smallest absolute Gasteiger partial charge is 0.240 e. The number of amides is 1. The van der Waals surface area contributed by atoms with Gasteiger partial charge >= 0.3 is 0 Å². The van der Waals surface area contributed by atoms with E-state index in [0.29, 0.717) is 0 Å². The molecule has 1 heterocycles. The first-order valence-corrected chi connectivity index (χ1v) is 7.68. The lowest BCUT2D eigenvalue weighted by Crippen LogP contribution is -2.56. The molecule has 0 aliphatic carbocycles. The quantitative estimate of drug-likeness (QED) is 0.921. The number of nitrogens with zero attached hydrogens (tertiary/aromatic N) is 2. The molecular weight excluding hydrogens is 262 g/mol. The van der Waals surface area contributed by atoms with Gasteiger partial charge in [-0.2, -0.15) is 0 Å². The Labute approximate surface area is 127 Å². The van der Waals surface area contributed by atoms with Crippen molar-refractivity contribution in [3.63, 3.8) is 0 Å². The maximum atomic E-state index is 12.4. The average Bonchev–Trinajstić information content (AvgIpc) is 2.46. The Morgan fingerprint density at radius 2 is 1.71 bits per heavy atom. The Bertz CT molecular complexity index is 459. The second-order valence-corrected chi connectivity index (χ2v) is 6.93. The summed E-state index contributed by atoms with van der Waals surface area (Å²) in [6.07, 6.45) is 0. The molecule has 0 bridgehead atoms. The van der Waals surface area contributed by atoms with Gasteiger partial charge in [-0.1, -0.05) is 51.1 Å². The first-order chi connectivity index (χ1) is 9.88. The zero-order valence-electron chi connectivity index (χ0n) is 13.4. The summed E-state index contributed by atoms with van der Waals surface area (Å²) in [5.74, 6) is 0.0851. The molecule has 0 saturated carbocycles. The van der Waals surface area contributed by atoms with Crippen molar-refractivity contribution in [2.45, 2.75) is 33.4 Å². The van der Waals surface area contributed by atoms with Gasteiger partial charge in [-0.15, -0.1) is 0 Å². The number of carbonyl (C=O) groups is 1. The predicted octanol–water partition coefficient (Wildman–Crippen LogP) is 1.70. The molecule has 1 saturated heterocycles. The van der Waals surface area contributed by atoms with Crippen LogP contribution in [0.25, 0.3) is 0 Å². The van der Waals surface area contributed by atoms with E-state index in [-0.39, 0.29) is 11.3 Å². The van der Waals surface area contributed by atoms with Crippen LogP contribution in [0, 0.1) is 5.41 Å². The number of benzene rings is 1. The van der Waals surface area contributed by atoms with Crippen LogP contribution in [0.1, 0.15) is 26.3 Å². The van der Waals surface area contributed by atoms with Gasteiger partial charge in [0.25, 0.3) is 0 Å². The maximum Gasteiger partial charge on any atom is 0.240 e. The topological polar surface area (TPSA) is 49.6 Å². The largest absolute Gasteiger partial charge is 0.339 e. The van der Waals surface area contributed by atoms with E-state index < -0.39 is 6.04 Å². The highest BCUT2D eigenvalue weighted by molar-refractivity contribution is 5.82. The van der Waals surface area contributed by atoms with E-state index >= 15 is 0 Å². The highest BCUT2D eigenvalue weighted by Gasteiger charge is 2.32. The molecule has 1 unspecified atom stereocenters. The Hall–Kier alpha value is -1.39. The van der Waals surface area contributed by atoms with Crippen molar-refractivity contribution in [1.82, 2.24) is 9.80 Å². The molecule has 1 aliphatic rings. The van der Waals surface area contributed by atoms with Gasteiger partial charge in [0.2, 0.25) is 5.91 Å². The average molecular weight is 289 g/mol. The minimum atomic E-state index is -0.418. The molecule has 2 rings (SSSR count). The third-order valence-corrected chi connectivity index (χ3v) is 4.13. The van der Waals surface area contributed by atoms with Gasteiger partial charge in [-0.05, 0) is 11.0 Å². The van der Waals surface area contributed by atoms with E-state index in [0.717, 1.165) is 32.7 Å². The summed E-state index contributed by atoms with van der Waals surface area (Å²) in [6.45, 7) is 10.4. The maximum absolute atomic E-state index is 12.4. The Balaban J connectivity index is 1.84. The van der Waals surface area contributed by atoms with E-state index in [2.05, 4.69) is 29.2 Å². The summed E-state index contributed by atoms with van der Waals surface area (Å²) in [4.78, 5) is 16.7. The van der Waals surface area contributed by atoms with Crippen LogP contribution >= 0.6 is 0 Å². The van der Waals surface area contributed by atoms with Gasteiger partial charge in [-0.3, -0.25) is 9.69 Å². The fourth-order valence-electron chi connectivity index (χ4n) is 2.54. The number of rotatable bonds is 3. The van der Waals surface area contributed by atoms with Crippen molar-refractivity contribution in [2.24, 2.45) is 11.1 Å². The molecule has 21 heavy (non-hydrogen) atoms. The van der Waals surface area contributed by atoms with Crippen LogP contribution in [0.2, 0.25) is 0 Å². The highest BCUT2D eigenvalue weighted by Crippen LogP contribution is 2.20. The van der Waals surface area contributed by atoms with Crippen molar-refractivity contribution in [3.8, 4) is 0 Å². The van der Waals surface area contributed by atoms with Crippen LogP contribution < -0.4 is 5.73 Å². The van der Waals surface area contributed by atoms with E-state index in [1.165, 1.54) is 5.56 Å². The molecule has 1 aromatic carbocycles. The predicted molar refractivity (Wildman–Crippen MR) is 85.7 cm³/mol. The van der Waals surface area contributed by atoms with Gasteiger partial charge in [-0.25, -0.2) is 0 Å². The van der Waals surface area contributed by atoms with Crippen molar-refractivity contribution >= 4 is 5.91 Å². The second kappa shape index (κ2) is 6.58. The lowest BCUT2D eigenvalue weighted by atomic mass is 9.86. The lowest BCUT2D eigenvalue weighted by molar-refractivity contribution is -0.136. The summed E-state index contributed by atoms with van der Waals surface area (Å²) >= 11 is 0. The summed E-state index contributed by atoms with van der Waals surface area (Å²) < 4.78 is 0. The third-order valence-electron chi connectivity index (χ3n) is 4.13. The monoisotopic (exact) mass is 289 g/mol. The van der Waals surface area contributed by atoms with E-state index in [4.69, 9.17) is 5.73 Å². The van der Waals surface area contributed by atoms with Gasteiger partial charge in [0.1, 0.15) is 0 Å². The van der Waals surface area contributed by atoms with Crippen LogP contribution in [0.4, 0.5) is 0 Å². The van der Waals surface area contributed by atoms with Gasteiger partial charge in [0, 0.05) is 32.7 Å². The van der Waals surface area contributed by atoms with Crippen molar-refractivity contribution in [2.75, 3.05) is 26.2 Å². The number of carbonyl (C=O) groups excluding carboxylic acids is 1. The Morgan fingerprint density at radius 1 is 1.14 bits per heavy atom. The standard InChI is InChI=1S/C17H27N3O/c1-17(2,3)15(18)16(21)20-11-9-19(10-12-20)13-14-7-5-4-6-8-14/h4-8,15H,9-13,18H2,1-3H3. The molecule has 0 radical (unpaired) electrons. The molecule has 1 aliphatic heterocycles. The molecule has 2 N–H and O–H groups in total. The fourth-order valence-corrected chi connectivity index (χ4v) is 2.54. The highest BCUT2D eigenvalue weighted by atomic mass is 16.2. The van der Waals surface area contributed by atoms with Crippen molar-refractivity contribution in [3.05, 3.63) is 35.9 Å². The first-order valence-electron chi connectivity index (χ1n) is 7.68. The lowest BCUT2D eigenvalue weighted by Gasteiger charge is -2.38. The van der Waals surface area contributed by atoms with Crippen LogP contribution in [-0.2, 0) is 11.3 Å². The van der Waals surface area contributed by atoms with E-state index in [1.807, 2.05) is 31.7 Å². The Kier molecular flexibility index (Phi) is 5.01. The zero-order valence-corrected chi connectivity index (χ0v) is 13.4. The van der Waals surface area contributed by atoms with Crippen LogP contribution in [0.15, 0.2) is 30.3 Å². The van der Waals surface area contributed by atoms with Crippen LogP contribution in [-0.4, -0.2) is 47.9 Å². The zero-order chi connectivity index (χ0) is 15.5.